The third-order valence-electron chi connectivity index (χ3n) is 3.12. The number of hydrogen-bond donors (Lipinski definition) is 1. The van der Waals surface area contributed by atoms with Crippen LogP contribution < -0.4 is 5.73 Å². The van der Waals surface area contributed by atoms with Crippen LogP contribution in [0.1, 0.15) is 16.7 Å². The zero-order chi connectivity index (χ0) is 14.0. The second-order valence-corrected chi connectivity index (χ2v) is 6.38. The van der Waals surface area contributed by atoms with Crippen LogP contribution in [0.5, 0.6) is 0 Å². The molecule has 0 fully saturated rings. The minimum absolute atomic E-state index is 0.460. The quantitative estimate of drug-likeness (QED) is 0.874. The highest BCUT2D eigenvalue weighted by Gasteiger charge is 2.12. The molecular weight excluding hydrogens is 278 g/mol. The fourth-order valence-electron chi connectivity index (χ4n) is 1.98. The summed E-state index contributed by atoms with van der Waals surface area (Å²) in [7, 11) is -1.19. The third-order valence-corrected chi connectivity index (χ3v) is 4.94. The molecule has 0 aliphatic carbocycles. The summed E-state index contributed by atoms with van der Waals surface area (Å²) in [5, 5.41) is 0.499. The van der Waals surface area contributed by atoms with E-state index in [2.05, 4.69) is 0 Å². The van der Waals surface area contributed by atoms with Crippen LogP contribution in [0.3, 0.4) is 0 Å². The van der Waals surface area contributed by atoms with E-state index in [-0.39, 0.29) is 0 Å². The van der Waals surface area contributed by atoms with E-state index in [1.165, 1.54) is 0 Å². The van der Waals surface area contributed by atoms with Crippen LogP contribution in [0.25, 0.3) is 0 Å². The summed E-state index contributed by atoms with van der Waals surface area (Å²) in [5.74, 6) is 0.460. The van der Waals surface area contributed by atoms with Crippen LogP contribution in [0, 0.1) is 13.8 Å². The monoisotopic (exact) mass is 293 g/mol. The minimum atomic E-state index is -1.19. The third kappa shape index (κ3) is 3.17. The maximum atomic E-state index is 12.5. The van der Waals surface area contributed by atoms with Crippen molar-refractivity contribution in [2.24, 2.45) is 0 Å². The van der Waals surface area contributed by atoms with Gasteiger partial charge in [-0.2, -0.15) is 0 Å². The molecule has 100 valence electrons. The molecule has 0 radical (unpaired) electrons. The fraction of sp³-hybridized carbons (Fsp3) is 0.200. The molecule has 0 amide bonds. The van der Waals surface area contributed by atoms with E-state index in [1.807, 2.05) is 32.0 Å². The van der Waals surface area contributed by atoms with Crippen LogP contribution in [0.15, 0.2) is 41.3 Å². The molecule has 2 rings (SSSR count). The lowest BCUT2D eigenvalue weighted by Gasteiger charge is -2.10. The van der Waals surface area contributed by atoms with E-state index >= 15 is 0 Å². The Labute approximate surface area is 121 Å². The lowest BCUT2D eigenvalue weighted by atomic mass is 10.1. The number of aryl methyl sites for hydroxylation is 2. The second kappa shape index (κ2) is 5.76. The fourth-order valence-corrected chi connectivity index (χ4v) is 3.78. The van der Waals surface area contributed by atoms with E-state index in [9.17, 15) is 4.21 Å². The van der Waals surface area contributed by atoms with Crippen molar-refractivity contribution in [3.8, 4) is 0 Å². The predicted octanol–water partition coefficient (Wildman–Crippen LogP) is 3.85. The highest BCUT2D eigenvalue weighted by atomic mass is 35.5. The zero-order valence-corrected chi connectivity index (χ0v) is 12.5. The van der Waals surface area contributed by atoms with Crippen LogP contribution in [-0.4, -0.2) is 4.21 Å². The molecule has 19 heavy (non-hydrogen) atoms. The van der Waals surface area contributed by atoms with Gasteiger partial charge in [-0.05, 0) is 48.7 Å². The Kier molecular flexibility index (Phi) is 4.27. The average molecular weight is 294 g/mol. The molecule has 0 bridgehead atoms. The van der Waals surface area contributed by atoms with Crippen LogP contribution in [0.2, 0.25) is 5.02 Å². The standard InChI is InChI=1S/C15H16ClNOS/c1-10-4-3-5-11(2)13(10)9-19(18)15-8-12(17)6-7-14(15)16/h3-8H,9,17H2,1-2H3. The number of rotatable bonds is 3. The second-order valence-electron chi connectivity index (χ2n) is 4.55. The lowest BCUT2D eigenvalue weighted by molar-refractivity contribution is 0.682. The predicted molar refractivity (Wildman–Crippen MR) is 81.9 cm³/mol. The zero-order valence-electron chi connectivity index (χ0n) is 10.9. The van der Waals surface area contributed by atoms with Gasteiger partial charge in [-0.25, -0.2) is 0 Å². The van der Waals surface area contributed by atoms with Crippen molar-refractivity contribution >= 4 is 28.1 Å². The van der Waals surface area contributed by atoms with E-state index < -0.39 is 10.8 Å². The van der Waals surface area contributed by atoms with Gasteiger partial charge in [-0.1, -0.05) is 29.8 Å². The molecule has 1 unspecified atom stereocenters. The van der Waals surface area contributed by atoms with Crippen molar-refractivity contribution in [1.29, 1.82) is 0 Å². The Balaban J connectivity index is 2.34. The molecule has 4 heteroatoms. The number of hydrogen-bond acceptors (Lipinski definition) is 2. The normalized spacial score (nSPS) is 12.4. The topological polar surface area (TPSA) is 43.1 Å². The first-order chi connectivity index (χ1) is 8.99. The number of anilines is 1. The molecule has 2 N–H and O–H groups in total. The number of benzene rings is 2. The summed E-state index contributed by atoms with van der Waals surface area (Å²) in [4.78, 5) is 0.601. The minimum Gasteiger partial charge on any atom is -0.399 e. The highest BCUT2D eigenvalue weighted by Crippen LogP contribution is 2.25. The first-order valence-corrected chi connectivity index (χ1v) is 7.67. The van der Waals surface area contributed by atoms with E-state index in [0.29, 0.717) is 21.4 Å². The van der Waals surface area contributed by atoms with Crippen molar-refractivity contribution in [2.45, 2.75) is 24.5 Å². The van der Waals surface area contributed by atoms with Crippen LogP contribution in [-0.2, 0) is 16.6 Å². The molecule has 0 spiro atoms. The van der Waals surface area contributed by atoms with Gasteiger partial charge in [0.05, 0.1) is 26.5 Å². The summed E-state index contributed by atoms with van der Waals surface area (Å²) in [5.41, 5.74) is 9.71. The molecule has 0 heterocycles. The van der Waals surface area contributed by atoms with Gasteiger partial charge in [0.25, 0.3) is 0 Å². The number of nitrogens with two attached hydrogens (primary N) is 1. The van der Waals surface area contributed by atoms with Gasteiger partial charge in [0.2, 0.25) is 0 Å². The number of halogens is 1. The smallest absolute Gasteiger partial charge is 0.0598 e. The van der Waals surface area contributed by atoms with E-state index in [0.717, 1.165) is 16.7 Å². The Morgan fingerprint density at radius 2 is 1.79 bits per heavy atom. The van der Waals surface area contributed by atoms with E-state index in [1.54, 1.807) is 18.2 Å². The van der Waals surface area contributed by atoms with Crippen molar-refractivity contribution in [2.75, 3.05) is 5.73 Å². The molecule has 2 aromatic rings. The Bertz CT molecular complexity index is 620. The van der Waals surface area contributed by atoms with Gasteiger partial charge in [0.15, 0.2) is 0 Å². The van der Waals surface area contributed by atoms with Crippen molar-refractivity contribution in [3.05, 3.63) is 58.1 Å². The van der Waals surface area contributed by atoms with E-state index in [4.69, 9.17) is 17.3 Å². The number of nitrogen functional groups attached to an aromatic ring is 1. The van der Waals surface area contributed by atoms with Gasteiger partial charge in [0.1, 0.15) is 0 Å². The maximum Gasteiger partial charge on any atom is 0.0598 e. The Morgan fingerprint density at radius 3 is 2.42 bits per heavy atom. The summed E-state index contributed by atoms with van der Waals surface area (Å²) in [6.07, 6.45) is 0. The van der Waals surface area contributed by atoms with Crippen molar-refractivity contribution in [1.82, 2.24) is 0 Å². The molecule has 0 aromatic heterocycles. The van der Waals surface area contributed by atoms with Gasteiger partial charge in [-0.3, -0.25) is 4.21 Å². The largest absolute Gasteiger partial charge is 0.399 e. The summed E-state index contributed by atoms with van der Waals surface area (Å²) >= 11 is 6.09. The average Bonchev–Trinajstić information content (AvgIpc) is 2.37. The first-order valence-electron chi connectivity index (χ1n) is 5.97. The summed E-state index contributed by atoms with van der Waals surface area (Å²) in [6.45, 7) is 4.06. The Morgan fingerprint density at radius 1 is 1.16 bits per heavy atom. The van der Waals surface area contributed by atoms with Gasteiger partial charge >= 0.3 is 0 Å². The molecule has 2 aromatic carbocycles. The Hall–Kier alpha value is -1.32. The van der Waals surface area contributed by atoms with Gasteiger partial charge < -0.3 is 5.73 Å². The molecule has 1 atom stereocenters. The lowest BCUT2D eigenvalue weighted by Crippen LogP contribution is -2.02. The maximum absolute atomic E-state index is 12.5. The first kappa shape index (κ1) is 14.1. The van der Waals surface area contributed by atoms with Crippen LogP contribution >= 0.6 is 11.6 Å². The molecule has 0 saturated carbocycles. The molecular formula is C15H16ClNOS. The van der Waals surface area contributed by atoms with Crippen LogP contribution in [0.4, 0.5) is 5.69 Å². The molecule has 0 aliphatic heterocycles. The summed E-state index contributed by atoms with van der Waals surface area (Å²) in [6, 6.07) is 11.1. The van der Waals surface area contributed by atoms with Crippen molar-refractivity contribution < 1.29 is 4.21 Å². The SMILES string of the molecule is Cc1cccc(C)c1CS(=O)c1cc(N)ccc1Cl. The van der Waals surface area contributed by atoms with Crippen molar-refractivity contribution in [3.63, 3.8) is 0 Å². The molecule has 0 aliphatic rings. The molecule has 2 nitrogen and oxygen atoms in total. The molecule has 0 saturated heterocycles. The van der Waals surface area contributed by atoms with Gasteiger partial charge in [-0.15, -0.1) is 0 Å². The highest BCUT2D eigenvalue weighted by molar-refractivity contribution is 7.84. The van der Waals surface area contributed by atoms with Gasteiger partial charge in [0, 0.05) is 5.69 Å². The summed E-state index contributed by atoms with van der Waals surface area (Å²) < 4.78 is 12.5.